The molecular formula is C15H19BrN4O. The number of hydrogen-bond acceptors (Lipinski definition) is 5. The molecule has 1 aromatic heterocycles. The summed E-state index contributed by atoms with van der Waals surface area (Å²) in [5.41, 5.74) is 7.72. The molecular weight excluding hydrogens is 332 g/mol. The van der Waals surface area contributed by atoms with Crippen molar-refractivity contribution in [2.45, 2.75) is 26.7 Å². The van der Waals surface area contributed by atoms with Gasteiger partial charge in [0.05, 0.1) is 11.6 Å². The van der Waals surface area contributed by atoms with Gasteiger partial charge >= 0.3 is 0 Å². The summed E-state index contributed by atoms with van der Waals surface area (Å²) in [5.74, 6) is 2.80. The molecule has 0 spiro atoms. The lowest BCUT2D eigenvalue weighted by molar-refractivity contribution is 0.412. The highest BCUT2D eigenvalue weighted by atomic mass is 79.9. The normalized spacial score (nSPS) is 10.5. The van der Waals surface area contributed by atoms with Gasteiger partial charge in [-0.2, -0.15) is 0 Å². The molecule has 0 aliphatic rings. The first-order chi connectivity index (χ1) is 10.0. The summed E-state index contributed by atoms with van der Waals surface area (Å²) < 4.78 is 6.10. The van der Waals surface area contributed by atoms with Crippen LogP contribution >= 0.6 is 15.9 Å². The Morgan fingerprint density at radius 1 is 1.33 bits per heavy atom. The van der Waals surface area contributed by atoms with E-state index in [0.717, 1.165) is 46.0 Å². The lowest BCUT2D eigenvalue weighted by Crippen LogP contribution is -2.07. The number of rotatable bonds is 5. The molecule has 0 amide bonds. The Morgan fingerprint density at radius 2 is 2.10 bits per heavy atom. The van der Waals surface area contributed by atoms with Crippen LogP contribution in [0.25, 0.3) is 0 Å². The second kappa shape index (κ2) is 6.76. The molecule has 3 N–H and O–H groups in total. The van der Waals surface area contributed by atoms with Crippen molar-refractivity contribution in [3.63, 3.8) is 0 Å². The van der Waals surface area contributed by atoms with E-state index < -0.39 is 0 Å². The van der Waals surface area contributed by atoms with Crippen LogP contribution in [0.5, 0.6) is 5.75 Å². The van der Waals surface area contributed by atoms with Crippen LogP contribution in [0, 0.1) is 6.92 Å². The van der Waals surface area contributed by atoms with E-state index in [-0.39, 0.29) is 0 Å². The van der Waals surface area contributed by atoms with Crippen molar-refractivity contribution < 1.29 is 4.74 Å². The molecule has 0 aliphatic carbocycles. The second-order valence-corrected chi connectivity index (χ2v) is 5.58. The molecule has 0 saturated carbocycles. The lowest BCUT2D eigenvalue weighted by Gasteiger charge is -2.13. The number of benzene rings is 1. The maximum absolute atomic E-state index is 5.96. The predicted octanol–water partition coefficient (Wildman–Crippen LogP) is 3.83. The Balaban J connectivity index is 2.32. The summed E-state index contributed by atoms with van der Waals surface area (Å²) in [6, 6.07) is 5.76. The Bertz CT molecular complexity index is 646. The van der Waals surface area contributed by atoms with Crippen molar-refractivity contribution in [1.82, 2.24) is 9.97 Å². The number of aromatic nitrogens is 2. The smallest absolute Gasteiger partial charge is 0.139 e. The highest BCUT2D eigenvalue weighted by molar-refractivity contribution is 9.10. The molecule has 0 atom stereocenters. The van der Waals surface area contributed by atoms with Crippen LogP contribution in [0.1, 0.15) is 24.7 Å². The number of hydrogen-bond donors (Lipinski definition) is 2. The van der Waals surface area contributed by atoms with E-state index in [2.05, 4.69) is 38.1 Å². The zero-order valence-electron chi connectivity index (χ0n) is 12.4. The highest BCUT2D eigenvalue weighted by Crippen LogP contribution is 2.30. The van der Waals surface area contributed by atoms with Gasteiger partial charge in [-0.3, -0.25) is 0 Å². The number of aryl methyl sites for hydroxylation is 1. The number of methoxy groups -OCH3 is 1. The maximum atomic E-state index is 5.96. The molecule has 0 radical (unpaired) electrons. The van der Waals surface area contributed by atoms with Crippen molar-refractivity contribution in [2.24, 2.45) is 0 Å². The minimum absolute atomic E-state index is 0.517. The summed E-state index contributed by atoms with van der Waals surface area (Å²) in [6.45, 7) is 4.00. The minimum Gasteiger partial charge on any atom is -0.496 e. The van der Waals surface area contributed by atoms with Crippen LogP contribution in [0.15, 0.2) is 22.7 Å². The van der Waals surface area contributed by atoms with Crippen molar-refractivity contribution in [2.75, 3.05) is 18.2 Å². The number of nitrogens with two attached hydrogens (primary N) is 1. The van der Waals surface area contributed by atoms with Gasteiger partial charge in [0.2, 0.25) is 0 Å². The fourth-order valence-corrected chi connectivity index (χ4v) is 2.46. The van der Waals surface area contributed by atoms with Gasteiger partial charge in [0.25, 0.3) is 0 Å². The van der Waals surface area contributed by atoms with Gasteiger partial charge in [0.15, 0.2) is 0 Å². The van der Waals surface area contributed by atoms with Crippen molar-refractivity contribution >= 4 is 33.3 Å². The van der Waals surface area contributed by atoms with E-state index in [1.54, 1.807) is 7.11 Å². The third-order valence-corrected chi connectivity index (χ3v) is 3.74. The molecule has 5 nitrogen and oxygen atoms in total. The average Bonchev–Trinajstić information content (AvgIpc) is 2.45. The Hall–Kier alpha value is -1.82. The molecule has 0 saturated heterocycles. The molecule has 2 aromatic rings. The summed E-state index contributed by atoms with van der Waals surface area (Å²) in [7, 11) is 1.64. The molecule has 2 rings (SSSR count). The van der Waals surface area contributed by atoms with Gasteiger partial charge in [-0.15, -0.1) is 0 Å². The van der Waals surface area contributed by atoms with Crippen LogP contribution in [0.4, 0.5) is 17.3 Å². The minimum atomic E-state index is 0.517. The van der Waals surface area contributed by atoms with Crippen molar-refractivity contribution in [3.8, 4) is 5.75 Å². The van der Waals surface area contributed by atoms with Gasteiger partial charge in [-0.1, -0.05) is 6.92 Å². The van der Waals surface area contributed by atoms with Gasteiger partial charge in [0, 0.05) is 17.7 Å². The van der Waals surface area contributed by atoms with Gasteiger partial charge in [-0.25, -0.2) is 9.97 Å². The first-order valence-corrected chi connectivity index (χ1v) is 7.58. The zero-order chi connectivity index (χ0) is 15.4. The van der Waals surface area contributed by atoms with Crippen LogP contribution in [-0.4, -0.2) is 17.1 Å². The largest absolute Gasteiger partial charge is 0.496 e. The molecule has 1 aromatic carbocycles. The lowest BCUT2D eigenvalue weighted by atomic mass is 10.2. The number of anilines is 3. The van der Waals surface area contributed by atoms with Gasteiger partial charge in [-0.05, 0) is 47.5 Å². The van der Waals surface area contributed by atoms with Crippen LogP contribution in [0.2, 0.25) is 0 Å². The van der Waals surface area contributed by atoms with Crippen LogP contribution in [0.3, 0.4) is 0 Å². The van der Waals surface area contributed by atoms with E-state index in [1.165, 1.54) is 0 Å². The van der Waals surface area contributed by atoms with Crippen LogP contribution in [-0.2, 0) is 6.42 Å². The third-order valence-electron chi connectivity index (χ3n) is 3.12. The Labute approximate surface area is 133 Å². The van der Waals surface area contributed by atoms with E-state index >= 15 is 0 Å². The summed E-state index contributed by atoms with van der Waals surface area (Å²) in [6.07, 6.45) is 1.79. The first kappa shape index (κ1) is 15.6. The average molecular weight is 351 g/mol. The quantitative estimate of drug-likeness (QED) is 0.856. The Kier molecular flexibility index (Phi) is 5.01. The van der Waals surface area contributed by atoms with Crippen molar-refractivity contribution in [3.05, 3.63) is 34.1 Å². The molecule has 21 heavy (non-hydrogen) atoms. The van der Waals surface area contributed by atoms with Gasteiger partial charge in [0.1, 0.15) is 23.2 Å². The Morgan fingerprint density at radius 3 is 2.71 bits per heavy atom. The molecule has 0 fully saturated rings. The molecule has 1 heterocycles. The monoisotopic (exact) mass is 350 g/mol. The van der Waals surface area contributed by atoms with E-state index in [0.29, 0.717) is 5.82 Å². The number of nitrogen functional groups attached to an aromatic ring is 1. The topological polar surface area (TPSA) is 73.1 Å². The fraction of sp³-hybridized carbons (Fsp3) is 0.333. The van der Waals surface area contributed by atoms with Crippen LogP contribution < -0.4 is 15.8 Å². The molecule has 0 aliphatic heterocycles. The summed E-state index contributed by atoms with van der Waals surface area (Å²) in [5, 5.41) is 3.29. The second-order valence-electron chi connectivity index (χ2n) is 4.72. The first-order valence-electron chi connectivity index (χ1n) is 6.78. The SMILES string of the molecule is CCCc1nc(N)c(C)c(Nc2ccc(OC)c(Br)c2)n1. The number of ether oxygens (including phenoxy) is 1. The van der Waals surface area contributed by atoms with E-state index in [4.69, 9.17) is 10.5 Å². The number of nitrogens with zero attached hydrogens (tertiary/aromatic N) is 2. The fourth-order valence-electron chi connectivity index (χ4n) is 1.92. The highest BCUT2D eigenvalue weighted by Gasteiger charge is 2.09. The van der Waals surface area contributed by atoms with Gasteiger partial charge < -0.3 is 15.8 Å². The zero-order valence-corrected chi connectivity index (χ0v) is 14.0. The van der Waals surface area contributed by atoms with E-state index in [9.17, 15) is 0 Å². The van der Waals surface area contributed by atoms with Crippen molar-refractivity contribution in [1.29, 1.82) is 0 Å². The summed E-state index contributed by atoms with van der Waals surface area (Å²) in [4.78, 5) is 8.85. The number of halogens is 1. The third kappa shape index (κ3) is 3.64. The maximum Gasteiger partial charge on any atom is 0.139 e. The summed E-state index contributed by atoms with van der Waals surface area (Å²) >= 11 is 3.47. The molecule has 6 heteroatoms. The molecule has 0 unspecified atom stereocenters. The standard InChI is InChI=1S/C15H19BrN4O/c1-4-5-13-19-14(17)9(2)15(20-13)18-10-6-7-12(21-3)11(16)8-10/h6-8H,4-5H2,1-3H3,(H3,17,18,19,20). The molecule has 112 valence electrons. The number of nitrogens with one attached hydrogen (secondary N) is 1. The van der Waals surface area contributed by atoms with E-state index in [1.807, 2.05) is 25.1 Å². The predicted molar refractivity (Wildman–Crippen MR) is 89.2 cm³/mol. The molecule has 0 bridgehead atoms.